The molecule has 1 aliphatic heterocycles. The van der Waals surface area contributed by atoms with E-state index in [1.807, 2.05) is 30.3 Å². The van der Waals surface area contributed by atoms with Crippen molar-refractivity contribution < 1.29 is 4.79 Å². The number of nitrogens with zero attached hydrogens (tertiary/aromatic N) is 2. The minimum atomic E-state index is 0. The zero-order valence-corrected chi connectivity index (χ0v) is 13.9. The van der Waals surface area contributed by atoms with Gasteiger partial charge in [0.1, 0.15) is 0 Å². The van der Waals surface area contributed by atoms with Crippen LogP contribution in [0.15, 0.2) is 42.7 Å². The van der Waals surface area contributed by atoms with E-state index < -0.39 is 0 Å². The molecule has 2 aromatic rings. The van der Waals surface area contributed by atoms with Gasteiger partial charge in [0.05, 0.1) is 11.9 Å². The summed E-state index contributed by atoms with van der Waals surface area (Å²) in [5, 5.41) is 3.35. The van der Waals surface area contributed by atoms with Crippen molar-refractivity contribution in [2.75, 3.05) is 23.8 Å². The fraction of sp³-hybridized carbons (Fsp3) is 0.250. The molecule has 118 valence electrons. The van der Waals surface area contributed by atoms with Crippen molar-refractivity contribution in [2.45, 2.75) is 12.8 Å². The van der Waals surface area contributed by atoms with Crippen molar-refractivity contribution in [3.8, 4) is 0 Å². The maximum Gasteiger partial charge on any atom is 0.258 e. The summed E-state index contributed by atoms with van der Waals surface area (Å²) in [5.74, 6) is 0.0125. The van der Waals surface area contributed by atoms with Gasteiger partial charge in [0.25, 0.3) is 5.91 Å². The van der Waals surface area contributed by atoms with Crippen LogP contribution in [-0.2, 0) is 6.42 Å². The lowest BCUT2D eigenvalue weighted by molar-refractivity contribution is 0.0992. The van der Waals surface area contributed by atoms with Gasteiger partial charge in [0, 0.05) is 31.0 Å². The van der Waals surface area contributed by atoms with Gasteiger partial charge in [-0.25, -0.2) is 0 Å². The van der Waals surface area contributed by atoms with Gasteiger partial charge in [-0.2, -0.15) is 0 Å². The third-order valence-corrected chi connectivity index (χ3v) is 3.66. The van der Waals surface area contributed by atoms with Crippen LogP contribution in [0.4, 0.5) is 11.4 Å². The third kappa shape index (κ3) is 3.51. The molecule has 3 rings (SSSR count). The highest BCUT2D eigenvalue weighted by atomic mass is 35.5. The molecule has 0 fully saturated rings. The summed E-state index contributed by atoms with van der Waals surface area (Å²) in [4.78, 5) is 18.4. The summed E-state index contributed by atoms with van der Waals surface area (Å²) in [6.45, 7) is 0.975. The first-order valence-corrected chi connectivity index (χ1v) is 6.81. The SMILES string of the molecule is CN(C(=O)c1cccc2c1CCCN2)c1cccnc1.Cl.Cl. The van der Waals surface area contributed by atoms with Crippen molar-refractivity contribution >= 4 is 42.1 Å². The second-order valence-electron chi connectivity index (χ2n) is 4.94. The van der Waals surface area contributed by atoms with Gasteiger partial charge >= 0.3 is 0 Å². The Balaban J connectivity index is 0.00000121. The summed E-state index contributed by atoms with van der Waals surface area (Å²) >= 11 is 0. The average Bonchev–Trinajstić information content (AvgIpc) is 2.54. The number of hydrogen-bond donors (Lipinski definition) is 1. The molecular formula is C16H19Cl2N3O. The number of hydrogen-bond acceptors (Lipinski definition) is 3. The number of pyridine rings is 1. The quantitative estimate of drug-likeness (QED) is 0.909. The largest absolute Gasteiger partial charge is 0.385 e. The van der Waals surface area contributed by atoms with Gasteiger partial charge in [0.15, 0.2) is 0 Å². The predicted molar refractivity (Wildman–Crippen MR) is 94.7 cm³/mol. The van der Waals surface area contributed by atoms with Crippen LogP contribution < -0.4 is 10.2 Å². The van der Waals surface area contributed by atoms with Crippen molar-refractivity contribution in [3.63, 3.8) is 0 Å². The number of anilines is 2. The normalized spacial score (nSPS) is 12.0. The number of carbonyl (C=O) groups excluding carboxylic acids is 1. The van der Waals surface area contributed by atoms with E-state index in [4.69, 9.17) is 0 Å². The Labute approximate surface area is 142 Å². The van der Waals surface area contributed by atoms with E-state index in [9.17, 15) is 4.79 Å². The highest BCUT2D eigenvalue weighted by molar-refractivity contribution is 6.07. The molecule has 22 heavy (non-hydrogen) atoms. The van der Waals surface area contributed by atoms with Gasteiger partial charge in [-0.1, -0.05) is 6.07 Å². The fourth-order valence-electron chi connectivity index (χ4n) is 2.56. The standard InChI is InChI=1S/C16H17N3O.2ClH/c1-19(12-5-3-9-17-11-12)16(20)14-6-2-8-15-13(14)7-4-10-18-15;;/h2-3,5-6,8-9,11,18H,4,7,10H2,1H3;2*1H. The molecule has 1 aromatic carbocycles. The van der Waals surface area contributed by atoms with E-state index in [0.717, 1.165) is 41.9 Å². The molecule has 6 heteroatoms. The molecule has 0 radical (unpaired) electrons. The first-order valence-electron chi connectivity index (χ1n) is 6.81. The third-order valence-electron chi connectivity index (χ3n) is 3.66. The zero-order chi connectivity index (χ0) is 13.9. The molecule has 0 bridgehead atoms. The van der Waals surface area contributed by atoms with Gasteiger partial charge in [-0.3, -0.25) is 9.78 Å². The number of benzene rings is 1. The van der Waals surface area contributed by atoms with Gasteiger partial charge in [-0.15, -0.1) is 24.8 Å². The maximum absolute atomic E-state index is 12.7. The van der Waals surface area contributed by atoms with Crippen molar-refractivity contribution in [1.29, 1.82) is 0 Å². The maximum atomic E-state index is 12.7. The first-order chi connectivity index (χ1) is 9.77. The minimum Gasteiger partial charge on any atom is -0.385 e. The van der Waals surface area contributed by atoms with Crippen LogP contribution in [0, 0.1) is 0 Å². The molecule has 1 N–H and O–H groups in total. The van der Waals surface area contributed by atoms with E-state index in [1.54, 1.807) is 24.3 Å². The lowest BCUT2D eigenvalue weighted by atomic mass is 9.97. The molecule has 0 aliphatic carbocycles. The molecule has 1 aromatic heterocycles. The van der Waals surface area contributed by atoms with Crippen LogP contribution >= 0.6 is 24.8 Å². The Morgan fingerprint density at radius 3 is 2.77 bits per heavy atom. The van der Waals surface area contributed by atoms with Crippen molar-refractivity contribution in [2.24, 2.45) is 0 Å². The van der Waals surface area contributed by atoms with Crippen LogP contribution in [0.1, 0.15) is 22.3 Å². The first kappa shape index (κ1) is 18.3. The molecular weight excluding hydrogens is 321 g/mol. The number of rotatable bonds is 2. The van der Waals surface area contributed by atoms with E-state index in [-0.39, 0.29) is 30.7 Å². The number of aromatic nitrogens is 1. The van der Waals surface area contributed by atoms with E-state index >= 15 is 0 Å². The predicted octanol–water partition coefficient (Wildman–Crippen LogP) is 3.56. The van der Waals surface area contributed by atoms with E-state index in [1.165, 1.54) is 0 Å². The summed E-state index contributed by atoms with van der Waals surface area (Å²) in [6, 6.07) is 9.59. The monoisotopic (exact) mass is 339 g/mol. The highest BCUT2D eigenvalue weighted by Gasteiger charge is 2.20. The summed E-state index contributed by atoms with van der Waals surface area (Å²) in [5.41, 5.74) is 3.79. The van der Waals surface area contributed by atoms with E-state index in [2.05, 4.69) is 10.3 Å². The Morgan fingerprint density at radius 1 is 1.23 bits per heavy atom. The van der Waals surface area contributed by atoms with Gasteiger partial charge in [0.2, 0.25) is 0 Å². The topological polar surface area (TPSA) is 45.2 Å². The van der Waals surface area contributed by atoms with Crippen molar-refractivity contribution in [1.82, 2.24) is 4.98 Å². The minimum absolute atomic E-state index is 0. The Kier molecular flexibility index (Phi) is 6.65. The molecule has 0 atom stereocenters. The summed E-state index contributed by atoms with van der Waals surface area (Å²) in [7, 11) is 1.79. The average molecular weight is 340 g/mol. The molecule has 2 heterocycles. The van der Waals surface area contributed by atoms with Crippen molar-refractivity contribution in [3.05, 3.63) is 53.9 Å². The Hall–Kier alpha value is -1.78. The summed E-state index contributed by atoms with van der Waals surface area (Å²) in [6.07, 6.45) is 5.42. The van der Waals surface area contributed by atoms with Gasteiger partial charge in [-0.05, 0) is 42.7 Å². The molecule has 4 nitrogen and oxygen atoms in total. The molecule has 0 saturated carbocycles. The number of fused-ring (bicyclic) bond motifs is 1. The zero-order valence-electron chi connectivity index (χ0n) is 12.3. The Morgan fingerprint density at radius 2 is 2.05 bits per heavy atom. The Bertz CT molecular complexity index is 635. The lowest BCUT2D eigenvalue weighted by Gasteiger charge is -2.23. The molecule has 1 amide bonds. The smallest absolute Gasteiger partial charge is 0.258 e. The second-order valence-corrected chi connectivity index (χ2v) is 4.94. The highest BCUT2D eigenvalue weighted by Crippen LogP contribution is 2.27. The number of amides is 1. The second kappa shape index (κ2) is 8.01. The van der Waals surface area contributed by atoms with Crippen LogP contribution in [0.25, 0.3) is 0 Å². The number of carbonyl (C=O) groups is 1. The molecule has 1 aliphatic rings. The lowest BCUT2D eigenvalue weighted by Crippen LogP contribution is -2.28. The van der Waals surface area contributed by atoms with Gasteiger partial charge < -0.3 is 10.2 Å². The molecule has 0 saturated heterocycles. The summed E-state index contributed by atoms with van der Waals surface area (Å²) < 4.78 is 0. The van der Waals surface area contributed by atoms with Crippen LogP contribution in [-0.4, -0.2) is 24.5 Å². The van der Waals surface area contributed by atoms with Crippen LogP contribution in [0.3, 0.4) is 0 Å². The van der Waals surface area contributed by atoms with Crippen LogP contribution in [0.5, 0.6) is 0 Å². The van der Waals surface area contributed by atoms with E-state index in [0.29, 0.717) is 0 Å². The number of nitrogens with one attached hydrogen (secondary N) is 1. The molecule has 0 spiro atoms. The number of halogens is 2. The molecule has 0 unspecified atom stereocenters. The fourth-order valence-corrected chi connectivity index (χ4v) is 2.56. The van der Waals surface area contributed by atoms with Crippen LogP contribution in [0.2, 0.25) is 0 Å².